The van der Waals surface area contributed by atoms with Crippen molar-refractivity contribution in [2.45, 2.75) is 19.4 Å². The molecule has 1 aliphatic rings. The Morgan fingerprint density at radius 2 is 2.27 bits per heavy atom. The summed E-state index contributed by atoms with van der Waals surface area (Å²) >= 11 is 5.49. The lowest BCUT2D eigenvalue weighted by Gasteiger charge is -1.98. The van der Waals surface area contributed by atoms with Crippen LogP contribution >= 0.6 is 27.3 Å². The van der Waals surface area contributed by atoms with Crippen molar-refractivity contribution >= 4 is 37.4 Å². The van der Waals surface area contributed by atoms with Gasteiger partial charge < -0.3 is 5.32 Å². The van der Waals surface area contributed by atoms with E-state index in [1.165, 1.54) is 32.3 Å². The molecule has 3 rings (SSSR count). The van der Waals surface area contributed by atoms with Crippen LogP contribution < -0.4 is 5.32 Å². The van der Waals surface area contributed by atoms with Crippen molar-refractivity contribution in [1.82, 2.24) is 5.32 Å². The molecule has 1 aliphatic heterocycles. The van der Waals surface area contributed by atoms with E-state index in [0.717, 1.165) is 13.1 Å². The molecular weight excluding hydrogens is 270 g/mol. The molecule has 0 unspecified atom stereocenters. The minimum atomic E-state index is 1.05. The van der Waals surface area contributed by atoms with Gasteiger partial charge in [-0.2, -0.15) is 0 Å². The molecule has 15 heavy (non-hydrogen) atoms. The Kier molecular flexibility index (Phi) is 2.54. The van der Waals surface area contributed by atoms with E-state index in [4.69, 9.17) is 0 Å². The molecule has 0 saturated carbocycles. The van der Waals surface area contributed by atoms with E-state index in [1.54, 1.807) is 5.56 Å². The summed E-state index contributed by atoms with van der Waals surface area (Å²) in [6, 6.07) is 6.61. The number of benzene rings is 1. The Balaban J connectivity index is 2.24. The molecule has 0 saturated heterocycles. The van der Waals surface area contributed by atoms with Gasteiger partial charge in [0.25, 0.3) is 0 Å². The van der Waals surface area contributed by atoms with Crippen molar-refractivity contribution in [3.8, 4) is 0 Å². The Morgan fingerprint density at radius 3 is 3.20 bits per heavy atom. The molecule has 2 aromatic rings. The van der Waals surface area contributed by atoms with Gasteiger partial charge in [0.1, 0.15) is 0 Å². The largest absolute Gasteiger partial charge is 0.312 e. The van der Waals surface area contributed by atoms with E-state index < -0.39 is 0 Å². The van der Waals surface area contributed by atoms with Gasteiger partial charge in [0.2, 0.25) is 0 Å². The van der Waals surface area contributed by atoms with Crippen molar-refractivity contribution < 1.29 is 0 Å². The van der Waals surface area contributed by atoms with Crippen LogP contribution in [0.4, 0.5) is 0 Å². The lowest BCUT2D eigenvalue weighted by atomic mass is 10.1. The summed E-state index contributed by atoms with van der Waals surface area (Å²) in [7, 11) is 0. The predicted octanol–water partition coefficient (Wildman–Crippen LogP) is 3.70. The third-order valence-electron chi connectivity index (χ3n) is 2.90. The van der Waals surface area contributed by atoms with Gasteiger partial charge in [-0.05, 0) is 48.5 Å². The second kappa shape index (κ2) is 3.89. The van der Waals surface area contributed by atoms with Gasteiger partial charge in [-0.15, -0.1) is 11.3 Å². The summed E-state index contributed by atoms with van der Waals surface area (Å²) in [5.74, 6) is 0. The summed E-state index contributed by atoms with van der Waals surface area (Å²) < 4.78 is 2.61. The molecular formula is C12H12BrNS. The highest BCUT2D eigenvalue weighted by molar-refractivity contribution is 9.10. The third kappa shape index (κ3) is 1.73. The standard InChI is InChI=1S/C12H12BrNS/c13-8-3-4-11-10(6-8)9-2-1-5-14-7-12(9)15-11/h3-4,6,14H,1-2,5,7H2. The fourth-order valence-corrected chi connectivity index (χ4v) is 3.74. The number of aryl methyl sites for hydroxylation is 1. The van der Waals surface area contributed by atoms with Crippen molar-refractivity contribution in [2.75, 3.05) is 6.54 Å². The van der Waals surface area contributed by atoms with E-state index >= 15 is 0 Å². The number of nitrogens with one attached hydrogen (secondary N) is 1. The van der Waals surface area contributed by atoms with Crippen LogP contribution in [-0.2, 0) is 13.0 Å². The first-order valence-corrected chi connectivity index (χ1v) is 6.86. The number of hydrogen-bond donors (Lipinski definition) is 1. The molecule has 0 amide bonds. The number of hydrogen-bond acceptors (Lipinski definition) is 2. The average molecular weight is 282 g/mol. The Morgan fingerprint density at radius 1 is 1.33 bits per heavy atom. The predicted molar refractivity (Wildman–Crippen MR) is 69.6 cm³/mol. The van der Waals surface area contributed by atoms with E-state index in [1.807, 2.05) is 11.3 Å². The lowest BCUT2D eigenvalue weighted by molar-refractivity contribution is 0.684. The van der Waals surface area contributed by atoms with Crippen LogP contribution in [0.2, 0.25) is 0 Å². The van der Waals surface area contributed by atoms with Crippen LogP contribution in [-0.4, -0.2) is 6.54 Å². The third-order valence-corrected chi connectivity index (χ3v) is 4.61. The Labute approximate surface area is 102 Å². The molecule has 0 spiro atoms. The summed E-state index contributed by atoms with van der Waals surface area (Å²) in [6.07, 6.45) is 2.48. The zero-order chi connectivity index (χ0) is 10.3. The topological polar surface area (TPSA) is 12.0 Å². The first-order chi connectivity index (χ1) is 7.34. The highest BCUT2D eigenvalue weighted by atomic mass is 79.9. The van der Waals surface area contributed by atoms with Gasteiger partial charge >= 0.3 is 0 Å². The number of fused-ring (bicyclic) bond motifs is 3. The normalized spacial score (nSPS) is 16.3. The van der Waals surface area contributed by atoms with E-state index in [9.17, 15) is 0 Å². The summed E-state index contributed by atoms with van der Waals surface area (Å²) in [6.45, 7) is 2.20. The molecule has 3 heteroatoms. The molecule has 0 aliphatic carbocycles. The monoisotopic (exact) mass is 281 g/mol. The van der Waals surface area contributed by atoms with Gasteiger partial charge in [0, 0.05) is 20.6 Å². The van der Waals surface area contributed by atoms with Crippen LogP contribution in [0.25, 0.3) is 10.1 Å². The zero-order valence-electron chi connectivity index (χ0n) is 8.35. The van der Waals surface area contributed by atoms with E-state index in [2.05, 4.69) is 39.4 Å². The molecule has 1 aromatic carbocycles. The zero-order valence-corrected chi connectivity index (χ0v) is 10.7. The fourth-order valence-electron chi connectivity index (χ4n) is 2.18. The maximum Gasteiger partial charge on any atom is 0.0349 e. The molecule has 0 radical (unpaired) electrons. The minimum Gasteiger partial charge on any atom is -0.312 e. The van der Waals surface area contributed by atoms with Crippen LogP contribution in [0.5, 0.6) is 0 Å². The average Bonchev–Trinajstić information content (AvgIpc) is 2.44. The Hall–Kier alpha value is -0.380. The quantitative estimate of drug-likeness (QED) is 0.777. The maximum atomic E-state index is 3.55. The smallest absolute Gasteiger partial charge is 0.0349 e. The van der Waals surface area contributed by atoms with Gasteiger partial charge in [0.15, 0.2) is 0 Å². The van der Waals surface area contributed by atoms with Crippen molar-refractivity contribution in [3.63, 3.8) is 0 Å². The Bertz CT molecular complexity index is 504. The molecule has 1 nitrogen and oxygen atoms in total. The molecule has 78 valence electrons. The lowest BCUT2D eigenvalue weighted by Crippen LogP contribution is -2.11. The van der Waals surface area contributed by atoms with Crippen molar-refractivity contribution in [2.24, 2.45) is 0 Å². The first kappa shape index (κ1) is 9.82. The van der Waals surface area contributed by atoms with Gasteiger partial charge in [-0.1, -0.05) is 15.9 Å². The fraction of sp³-hybridized carbons (Fsp3) is 0.333. The summed E-state index contributed by atoms with van der Waals surface area (Å²) in [5.41, 5.74) is 1.57. The van der Waals surface area contributed by atoms with E-state index in [0.29, 0.717) is 0 Å². The summed E-state index contributed by atoms with van der Waals surface area (Å²) in [4.78, 5) is 1.53. The van der Waals surface area contributed by atoms with Crippen molar-refractivity contribution in [3.05, 3.63) is 33.1 Å². The molecule has 2 heterocycles. The second-order valence-electron chi connectivity index (χ2n) is 3.92. The minimum absolute atomic E-state index is 1.05. The molecule has 0 bridgehead atoms. The van der Waals surface area contributed by atoms with Gasteiger partial charge in [-0.25, -0.2) is 0 Å². The highest BCUT2D eigenvalue weighted by Gasteiger charge is 2.14. The molecule has 1 N–H and O–H groups in total. The number of halogens is 1. The van der Waals surface area contributed by atoms with Crippen LogP contribution in [0, 0.1) is 0 Å². The van der Waals surface area contributed by atoms with Crippen molar-refractivity contribution in [1.29, 1.82) is 0 Å². The second-order valence-corrected chi connectivity index (χ2v) is 5.98. The van der Waals surface area contributed by atoms with Crippen LogP contribution in [0.3, 0.4) is 0 Å². The highest BCUT2D eigenvalue weighted by Crippen LogP contribution is 2.34. The SMILES string of the molecule is Brc1ccc2sc3c(c2c1)CCCNC3. The summed E-state index contributed by atoms with van der Waals surface area (Å²) in [5, 5.41) is 4.93. The van der Waals surface area contributed by atoms with Gasteiger partial charge in [0.05, 0.1) is 0 Å². The molecule has 0 fully saturated rings. The number of rotatable bonds is 0. The maximum absolute atomic E-state index is 3.55. The van der Waals surface area contributed by atoms with E-state index in [-0.39, 0.29) is 0 Å². The van der Waals surface area contributed by atoms with Gasteiger partial charge in [-0.3, -0.25) is 0 Å². The molecule has 1 aromatic heterocycles. The first-order valence-electron chi connectivity index (χ1n) is 5.25. The van der Waals surface area contributed by atoms with Crippen LogP contribution in [0.1, 0.15) is 16.9 Å². The number of thiophene rings is 1. The molecule has 0 atom stereocenters. The van der Waals surface area contributed by atoms with Crippen LogP contribution in [0.15, 0.2) is 22.7 Å².